The molecule has 134 valence electrons. The van der Waals surface area contributed by atoms with E-state index in [0.717, 1.165) is 12.8 Å². The molecule has 0 fully saturated rings. The topological polar surface area (TPSA) is 3.24 Å². The van der Waals surface area contributed by atoms with Crippen LogP contribution in [0.1, 0.15) is 43.4 Å². The van der Waals surface area contributed by atoms with Crippen molar-refractivity contribution in [1.29, 1.82) is 0 Å². The van der Waals surface area contributed by atoms with E-state index in [2.05, 4.69) is 98.5 Å². The molecule has 0 bridgehead atoms. The van der Waals surface area contributed by atoms with Crippen molar-refractivity contribution < 1.29 is 0 Å². The second-order valence-corrected chi connectivity index (χ2v) is 7.00. The van der Waals surface area contributed by atoms with Crippen LogP contribution in [0, 0.1) is 6.92 Å². The molecule has 0 amide bonds. The molecule has 3 aromatic carbocycles. The molecule has 0 aromatic heterocycles. The number of nitrogens with zero attached hydrogens (tertiary/aromatic N) is 1. The van der Waals surface area contributed by atoms with E-state index in [4.69, 9.17) is 0 Å². The first-order valence-corrected chi connectivity index (χ1v) is 9.76. The maximum atomic E-state index is 2.34. The Bertz CT molecular complexity index is 749. The number of hydrogen-bond donors (Lipinski definition) is 0. The Labute approximate surface area is 158 Å². The summed E-state index contributed by atoms with van der Waals surface area (Å²) in [4.78, 5) is 2.34. The van der Waals surface area contributed by atoms with Gasteiger partial charge >= 0.3 is 0 Å². The third-order valence-corrected chi connectivity index (χ3v) is 4.76. The van der Waals surface area contributed by atoms with Gasteiger partial charge in [0.25, 0.3) is 0 Å². The lowest BCUT2D eigenvalue weighted by Gasteiger charge is -2.26. The molecule has 26 heavy (non-hydrogen) atoms. The lowest BCUT2D eigenvalue weighted by molar-refractivity contribution is 0.921. The molecule has 0 saturated heterocycles. The van der Waals surface area contributed by atoms with Crippen molar-refractivity contribution >= 4 is 17.1 Å². The summed E-state index contributed by atoms with van der Waals surface area (Å²) in [5.74, 6) is 0. The fourth-order valence-corrected chi connectivity index (χ4v) is 3.34. The average Bonchev–Trinajstić information content (AvgIpc) is 2.67. The predicted octanol–water partition coefficient (Wildman–Crippen LogP) is 7.37. The molecule has 0 heterocycles. The number of benzene rings is 3. The van der Waals surface area contributed by atoms with Gasteiger partial charge in [-0.15, -0.1) is 0 Å². The van der Waals surface area contributed by atoms with Crippen molar-refractivity contribution in [3.63, 3.8) is 0 Å². The second-order valence-electron chi connectivity index (χ2n) is 7.00. The molecular formula is C25H29N. The van der Waals surface area contributed by atoms with Crippen LogP contribution in [0.2, 0.25) is 0 Å². The zero-order valence-electron chi connectivity index (χ0n) is 16.2. The molecule has 0 radical (unpaired) electrons. The standard InChI is InChI=1S/C25H29N/c1-4-6-21-10-16-24(17-11-21)26(23-14-8-20(3)9-15-23)25-18-12-22(7-5-2)13-19-25/h8-19H,4-7H2,1-3H3. The quantitative estimate of drug-likeness (QED) is 0.433. The van der Waals surface area contributed by atoms with Crippen LogP contribution in [0.4, 0.5) is 17.1 Å². The molecule has 0 saturated carbocycles. The van der Waals surface area contributed by atoms with Gasteiger partial charge in [0.1, 0.15) is 0 Å². The lowest BCUT2D eigenvalue weighted by atomic mass is 10.1. The highest BCUT2D eigenvalue weighted by Gasteiger charge is 2.12. The SMILES string of the molecule is CCCc1ccc(N(c2ccc(C)cc2)c2ccc(CCC)cc2)cc1. The average molecular weight is 344 g/mol. The first-order valence-electron chi connectivity index (χ1n) is 9.76. The number of aryl methyl sites for hydroxylation is 3. The van der Waals surface area contributed by atoms with Gasteiger partial charge < -0.3 is 4.90 Å². The molecular weight excluding hydrogens is 314 g/mol. The smallest absolute Gasteiger partial charge is 0.0461 e. The minimum Gasteiger partial charge on any atom is -0.311 e. The van der Waals surface area contributed by atoms with Crippen LogP contribution in [0.5, 0.6) is 0 Å². The molecule has 0 N–H and O–H groups in total. The van der Waals surface area contributed by atoms with Gasteiger partial charge in [-0.2, -0.15) is 0 Å². The van der Waals surface area contributed by atoms with Crippen LogP contribution in [0.3, 0.4) is 0 Å². The van der Waals surface area contributed by atoms with Gasteiger partial charge in [-0.05, 0) is 67.3 Å². The summed E-state index contributed by atoms with van der Waals surface area (Å²) < 4.78 is 0. The van der Waals surface area contributed by atoms with Crippen molar-refractivity contribution in [3.8, 4) is 0 Å². The molecule has 1 heteroatoms. The Balaban J connectivity index is 1.99. The summed E-state index contributed by atoms with van der Waals surface area (Å²) in [5.41, 5.74) is 7.69. The number of rotatable bonds is 7. The first-order chi connectivity index (χ1) is 12.7. The van der Waals surface area contributed by atoms with Crippen LogP contribution in [-0.4, -0.2) is 0 Å². The maximum Gasteiger partial charge on any atom is 0.0461 e. The lowest BCUT2D eigenvalue weighted by Crippen LogP contribution is -2.10. The normalized spacial score (nSPS) is 10.7. The van der Waals surface area contributed by atoms with E-state index in [0.29, 0.717) is 0 Å². The molecule has 0 aliphatic rings. The Hall–Kier alpha value is -2.54. The molecule has 0 aliphatic carbocycles. The van der Waals surface area contributed by atoms with E-state index in [1.807, 2.05) is 0 Å². The van der Waals surface area contributed by atoms with Crippen LogP contribution in [-0.2, 0) is 12.8 Å². The summed E-state index contributed by atoms with van der Waals surface area (Å²) in [6.45, 7) is 6.59. The van der Waals surface area contributed by atoms with Crippen LogP contribution >= 0.6 is 0 Å². The van der Waals surface area contributed by atoms with Crippen molar-refractivity contribution in [2.75, 3.05) is 4.90 Å². The van der Waals surface area contributed by atoms with Crippen molar-refractivity contribution in [2.24, 2.45) is 0 Å². The highest BCUT2D eigenvalue weighted by Crippen LogP contribution is 2.34. The Morgan fingerprint density at radius 2 is 0.885 bits per heavy atom. The van der Waals surface area contributed by atoms with Gasteiger partial charge in [0.15, 0.2) is 0 Å². The summed E-state index contributed by atoms with van der Waals surface area (Å²) >= 11 is 0. The maximum absolute atomic E-state index is 2.34. The molecule has 3 aromatic rings. The van der Waals surface area contributed by atoms with E-state index in [-0.39, 0.29) is 0 Å². The zero-order chi connectivity index (χ0) is 18.4. The predicted molar refractivity (Wildman–Crippen MR) is 114 cm³/mol. The summed E-state index contributed by atoms with van der Waals surface area (Å²) in [6, 6.07) is 26.8. The summed E-state index contributed by atoms with van der Waals surface area (Å²) in [5, 5.41) is 0. The molecule has 0 unspecified atom stereocenters. The van der Waals surface area contributed by atoms with Crippen molar-refractivity contribution in [3.05, 3.63) is 89.5 Å². The Kier molecular flexibility index (Phi) is 6.12. The molecule has 0 aliphatic heterocycles. The third-order valence-electron chi connectivity index (χ3n) is 4.76. The van der Waals surface area contributed by atoms with Gasteiger partial charge in [0.05, 0.1) is 0 Å². The van der Waals surface area contributed by atoms with Crippen LogP contribution in [0.25, 0.3) is 0 Å². The van der Waals surface area contributed by atoms with Gasteiger partial charge in [-0.1, -0.05) is 68.7 Å². The zero-order valence-corrected chi connectivity index (χ0v) is 16.2. The minimum absolute atomic E-state index is 1.14. The van der Waals surface area contributed by atoms with Crippen molar-refractivity contribution in [2.45, 2.75) is 46.5 Å². The van der Waals surface area contributed by atoms with Crippen LogP contribution in [0.15, 0.2) is 72.8 Å². The fourth-order valence-electron chi connectivity index (χ4n) is 3.34. The van der Waals surface area contributed by atoms with Gasteiger partial charge in [0.2, 0.25) is 0 Å². The molecule has 0 atom stereocenters. The monoisotopic (exact) mass is 343 g/mol. The van der Waals surface area contributed by atoms with Gasteiger partial charge in [-0.25, -0.2) is 0 Å². The van der Waals surface area contributed by atoms with Gasteiger partial charge in [-0.3, -0.25) is 0 Å². The highest BCUT2D eigenvalue weighted by atomic mass is 15.1. The minimum atomic E-state index is 1.14. The first kappa shape index (κ1) is 18.3. The molecule has 1 nitrogen and oxygen atoms in total. The molecule has 0 spiro atoms. The Morgan fingerprint density at radius 3 is 1.23 bits per heavy atom. The number of anilines is 3. The second kappa shape index (κ2) is 8.71. The van der Waals surface area contributed by atoms with E-state index in [1.165, 1.54) is 46.6 Å². The Morgan fingerprint density at radius 1 is 0.538 bits per heavy atom. The van der Waals surface area contributed by atoms with E-state index < -0.39 is 0 Å². The van der Waals surface area contributed by atoms with E-state index >= 15 is 0 Å². The fraction of sp³-hybridized carbons (Fsp3) is 0.280. The van der Waals surface area contributed by atoms with Crippen LogP contribution < -0.4 is 4.90 Å². The number of hydrogen-bond acceptors (Lipinski definition) is 1. The summed E-state index contributed by atoms with van der Waals surface area (Å²) in [6.07, 6.45) is 4.63. The van der Waals surface area contributed by atoms with E-state index in [1.54, 1.807) is 0 Å². The molecule has 3 rings (SSSR count). The van der Waals surface area contributed by atoms with Gasteiger partial charge in [0, 0.05) is 17.1 Å². The van der Waals surface area contributed by atoms with Crippen molar-refractivity contribution in [1.82, 2.24) is 0 Å². The van der Waals surface area contributed by atoms with E-state index in [9.17, 15) is 0 Å². The largest absolute Gasteiger partial charge is 0.311 e. The highest BCUT2D eigenvalue weighted by molar-refractivity contribution is 5.76. The third kappa shape index (κ3) is 4.35. The summed E-state index contributed by atoms with van der Waals surface area (Å²) in [7, 11) is 0.